The Kier molecular flexibility index (Phi) is 1.50. The smallest absolute Gasteiger partial charge is 0.0145 e. The van der Waals surface area contributed by atoms with Crippen LogP contribution in [0.4, 0.5) is 0 Å². The van der Waals surface area contributed by atoms with Crippen LogP contribution in [-0.2, 0) is 0 Å². The van der Waals surface area contributed by atoms with Crippen LogP contribution in [0.15, 0.2) is 0 Å². The highest BCUT2D eigenvalue weighted by Gasteiger charge is 2.46. The number of nitrogens with one attached hydrogen (secondary N) is 1. The zero-order valence-corrected chi connectivity index (χ0v) is 7.79. The maximum Gasteiger partial charge on any atom is 0.0145 e. The van der Waals surface area contributed by atoms with Crippen molar-refractivity contribution in [3.05, 3.63) is 0 Å². The van der Waals surface area contributed by atoms with Crippen molar-refractivity contribution in [2.45, 2.75) is 18.9 Å². The summed E-state index contributed by atoms with van der Waals surface area (Å²) in [5.74, 6) is 2.99. The monoisotopic (exact) mass is 166 g/mol. The second kappa shape index (κ2) is 2.46. The molecular formula is C10H18N2. The van der Waals surface area contributed by atoms with E-state index in [1.807, 2.05) is 0 Å². The fourth-order valence-electron chi connectivity index (χ4n) is 3.88. The number of nitrogens with zero attached hydrogens (tertiary/aromatic N) is 1. The van der Waals surface area contributed by atoms with E-state index in [1.165, 1.54) is 32.5 Å². The van der Waals surface area contributed by atoms with Gasteiger partial charge < -0.3 is 10.2 Å². The lowest BCUT2D eigenvalue weighted by atomic mass is 9.65. The summed E-state index contributed by atoms with van der Waals surface area (Å²) in [5.41, 5.74) is 0. The van der Waals surface area contributed by atoms with E-state index in [1.54, 1.807) is 0 Å². The second-order valence-corrected chi connectivity index (χ2v) is 4.89. The number of rotatable bonds is 1. The van der Waals surface area contributed by atoms with Crippen molar-refractivity contribution in [2.75, 3.05) is 26.7 Å². The molecule has 1 aliphatic carbocycles. The first-order valence-electron chi connectivity index (χ1n) is 5.26. The predicted molar refractivity (Wildman–Crippen MR) is 49.0 cm³/mol. The molecule has 2 atom stereocenters. The zero-order chi connectivity index (χ0) is 8.13. The van der Waals surface area contributed by atoms with Crippen LogP contribution in [0.2, 0.25) is 0 Å². The molecule has 12 heavy (non-hydrogen) atoms. The van der Waals surface area contributed by atoms with Gasteiger partial charge in [0, 0.05) is 25.7 Å². The van der Waals surface area contributed by atoms with E-state index >= 15 is 0 Å². The standard InChI is InChI=1S/C10H18N2/c1-11-10-8-2-7-3-9(10)6-12(4-7)5-8/h7-11H,2-6H2,1H3. The van der Waals surface area contributed by atoms with Crippen LogP contribution in [0, 0.1) is 17.8 Å². The fourth-order valence-corrected chi connectivity index (χ4v) is 3.88. The highest BCUT2D eigenvalue weighted by atomic mass is 15.2. The summed E-state index contributed by atoms with van der Waals surface area (Å²) in [5, 5.41) is 3.52. The van der Waals surface area contributed by atoms with Gasteiger partial charge in [-0.05, 0) is 37.6 Å². The molecule has 2 heteroatoms. The molecule has 4 rings (SSSR count). The first-order valence-corrected chi connectivity index (χ1v) is 5.26. The van der Waals surface area contributed by atoms with Crippen molar-refractivity contribution < 1.29 is 0 Å². The van der Waals surface area contributed by atoms with E-state index in [-0.39, 0.29) is 0 Å². The Morgan fingerprint density at radius 3 is 2.25 bits per heavy atom. The average molecular weight is 166 g/mol. The van der Waals surface area contributed by atoms with Crippen LogP contribution in [-0.4, -0.2) is 37.6 Å². The van der Waals surface area contributed by atoms with Crippen molar-refractivity contribution >= 4 is 0 Å². The van der Waals surface area contributed by atoms with Crippen LogP contribution in [0.3, 0.4) is 0 Å². The van der Waals surface area contributed by atoms with Gasteiger partial charge in [0.25, 0.3) is 0 Å². The second-order valence-electron chi connectivity index (χ2n) is 4.89. The molecule has 2 unspecified atom stereocenters. The molecule has 3 saturated heterocycles. The number of piperidine rings is 3. The summed E-state index contributed by atoms with van der Waals surface area (Å²) >= 11 is 0. The van der Waals surface area contributed by atoms with Crippen LogP contribution in [0.5, 0.6) is 0 Å². The average Bonchev–Trinajstić information content (AvgIpc) is 2.02. The summed E-state index contributed by atoms with van der Waals surface area (Å²) in [7, 11) is 2.14. The van der Waals surface area contributed by atoms with Crippen LogP contribution < -0.4 is 5.32 Å². The summed E-state index contributed by atoms with van der Waals surface area (Å²) in [4.78, 5) is 2.68. The maximum absolute atomic E-state index is 3.52. The molecule has 0 aromatic heterocycles. The van der Waals surface area contributed by atoms with E-state index in [0.29, 0.717) is 0 Å². The van der Waals surface area contributed by atoms with Gasteiger partial charge in [-0.1, -0.05) is 0 Å². The fraction of sp³-hybridized carbons (Fsp3) is 1.00. The van der Waals surface area contributed by atoms with Crippen LogP contribution in [0.25, 0.3) is 0 Å². The van der Waals surface area contributed by atoms with Crippen LogP contribution >= 0.6 is 0 Å². The molecule has 0 aromatic rings. The molecule has 3 heterocycles. The molecule has 0 aromatic carbocycles. The molecule has 0 spiro atoms. The Labute approximate surface area is 74.3 Å². The minimum absolute atomic E-state index is 0.845. The third kappa shape index (κ3) is 0.882. The summed E-state index contributed by atoms with van der Waals surface area (Å²) in [6.45, 7) is 4.15. The van der Waals surface area contributed by atoms with Gasteiger partial charge in [-0.3, -0.25) is 0 Å². The molecule has 0 radical (unpaired) electrons. The molecule has 1 N–H and O–H groups in total. The van der Waals surface area contributed by atoms with Crippen molar-refractivity contribution in [3.63, 3.8) is 0 Å². The summed E-state index contributed by atoms with van der Waals surface area (Å²) < 4.78 is 0. The molecule has 0 amide bonds. The molecular weight excluding hydrogens is 148 g/mol. The topological polar surface area (TPSA) is 15.3 Å². The molecule has 4 fully saturated rings. The minimum Gasteiger partial charge on any atom is -0.316 e. The van der Waals surface area contributed by atoms with Gasteiger partial charge in [-0.15, -0.1) is 0 Å². The van der Waals surface area contributed by atoms with E-state index in [9.17, 15) is 0 Å². The van der Waals surface area contributed by atoms with Crippen molar-refractivity contribution in [3.8, 4) is 0 Å². The number of hydrogen-bond donors (Lipinski definition) is 1. The first-order chi connectivity index (χ1) is 5.86. The van der Waals surface area contributed by atoms with Crippen molar-refractivity contribution in [1.82, 2.24) is 10.2 Å². The van der Waals surface area contributed by atoms with Gasteiger partial charge in [0.2, 0.25) is 0 Å². The van der Waals surface area contributed by atoms with Gasteiger partial charge in [0.1, 0.15) is 0 Å². The minimum atomic E-state index is 0.845. The molecule has 1 saturated carbocycles. The van der Waals surface area contributed by atoms with Crippen molar-refractivity contribution in [2.24, 2.45) is 17.8 Å². The van der Waals surface area contributed by atoms with Crippen molar-refractivity contribution in [1.29, 1.82) is 0 Å². The lowest BCUT2D eigenvalue weighted by Gasteiger charge is -2.55. The summed E-state index contributed by atoms with van der Waals surface area (Å²) in [6, 6.07) is 0.845. The van der Waals surface area contributed by atoms with E-state index in [0.717, 1.165) is 23.8 Å². The molecule has 4 bridgehead atoms. The van der Waals surface area contributed by atoms with E-state index < -0.39 is 0 Å². The quantitative estimate of drug-likeness (QED) is 0.612. The Morgan fingerprint density at radius 2 is 1.75 bits per heavy atom. The Bertz CT molecular complexity index is 162. The normalized spacial score (nSPS) is 56.2. The predicted octanol–water partition coefficient (Wildman–Crippen LogP) is 0.546. The molecule has 68 valence electrons. The number of hydrogen-bond acceptors (Lipinski definition) is 2. The molecule has 2 nitrogen and oxygen atoms in total. The Balaban J connectivity index is 1.86. The first kappa shape index (κ1) is 7.34. The Morgan fingerprint density at radius 1 is 1.08 bits per heavy atom. The van der Waals surface area contributed by atoms with E-state index in [2.05, 4.69) is 17.3 Å². The maximum atomic E-state index is 3.52. The SMILES string of the molecule is CNC1C2CC3CC1CN(C3)C2. The highest BCUT2D eigenvalue weighted by Crippen LogP contribution is 2.43. The third-order valence-corrected chi connectivity index (χ3v) is 4.12. The summed E-state index contributed by atoms with van der Waals surface area (Å²) in [6.07, 6.45) is 3.00. The Hall–Kier alpha value is -0.0800. The van der Waals surface area contributed by atoms with Gasteiger partial charge in [-0.25, -0.2) is 0 Å². The lowest BCUT2D eigenvalue weighted by molar-refractivity contribution is -0.0419. The lowest BCUT2D eigenvalue weighted by Crippen LogP contribution is -2.63. The van der Waals surface area contributed by atoms with Crippen LogP contribution in [0.1, 0.15) is 12.8 Å². The van der Waals surface area contributed by atoms with Gasteiger partial charge >= 0.3 is 0 Å². The van der Waals surface area contributed by atoms with Gasteiger partial charge in [-0.2, -0.15) is 0 Å². The third-order valence-electron chi connectivity index (χ3n) is 4.12. The largest absolute Gasteiger partial charge is 0.316 e. The van der Waals surface area contributed by atoms with E-state index in [4.69, 9.17) is 0 Å². The molecule has 4 aliphatic rings. The van der Waals surface area contributed by atoms with Gasteiger partial charge in [0.15, 0.2) is 0 Å². The van der Waals surface area contributed by atoms with Gasteiger partial charge in [0.05, 0.1) is 0 Å². The molecule has 3 aliphatic heterocycles. The highest BCUT2D eigenvalue weighted by molar-refractivity contribution is 5.01. The zero-order valence-electron chi connectivity index (χ0n) is 7.79.